The van der Waals surface area contributed by atoms with E-state index in [1.807, 2.05) is 23.1 Å². The Morgan fingerprint density at radius 2 is 1.82 bits per heavy atom. The van der Waals surface area contributed by atoms with Crippen LogP contribution in [0, 0.1) is 0 Å². The summed E-state index contributed by atoms with van der Waals surface area (Å²) in [5.74, 6) is 0.962. The standard InChI is InChI=1S/C15H23N3O2.2ClH/c1-12(16)15(19)18-9-7-17(8-10-18)11-13-5-3-4-6-14(13)20-2;;/h3-6,12H,7-11,16H2,1-2H3;2*1H/t12-;;/m1../s1. The molecule has 0 unspecified atom stereocenters. The van der Waals surface area contributed by atoms with Crippen molar-refractivity contribution < 1.29 is 9.53 Å². The summed E-state index contributed by atoms with van der Waals surface area (Å²) >= 11 is 0. The molecular formula is C15H25Cl2N3O2. The summed E-state index contributed by atoms with van der Waals surface area (Å²) < 4.78 is 5.37. The first kappa shape index (κ1) is 21.0. The van der Waals surface area contributed by atoms with E-state index < -0.39 is 6.04 Å². The molecule has 7 heteroatoms. The van der Waals surface area contributed by atoms with Gasteiger partial charge in [-0.05, 0) is 13.0 Å². The van der Waals surface area contributed by atoms with Gasteiger partial charge in [-0.1, -0.05) is 18.2 Å². The van der Waals surface area contributed by atoms with Gasteiger partial charge in [0.2, 0.25) is 5.91 Å². The summed E-state index contributed by atoms with van der Waals surface area (Å²) in [6, 6.07) is 7.65. The van der Waals surface area contributed by atoms with Gasteiger partial charge in [-0.3, -0.25) is 9.69 Å². The lowest BCUT2D eigenvalue weighted by Gasteiger charge is -2.35. The third-order valence-corrected chi connectivity index (χ3v) is 3.66. The maximum absolute atomic E-state index is 11.8. The van der Waals surface area contributed by atoms with Crippen molar-refractivity contribution in [2.45, 2.75) is 19.5 Å². The zero-order valence-electron chi connectivity index (χ0n) is 13.0. The van der Waals surface area contributed by atoms with E-state index in [4.69, 9.17) is 10.5 Å². The highest BCUT2D eigenvalue weighted by Crippen LogP contribution is 2.19. The first-order valence-corrected chi connectivity index (χ1v) is 7.00. The average Bonchev–Trinajstić information content (AvgIpc) is 2.48. The van der Waals surface area contributed by atoms with Gasteiger partial charge < -0.3 is 15.4 Å². The van der Waals surface area contributed by atoms with Crippen molar-refractivity contribution in [2.24, 2.45) is 5.73 Å². The van der Waals surface area contributed by atoms with E-state index >= 15 is 0 Å². The molecule has 1 saturated heterocycles. The molecule has 126 valence electrons. The third-order valence-electron chi connectivity index (χ3n) is 3.66. The summed E-state index contributed by atoms with van der Waals surface area (Å²) in [5, 5.41) is 0. The van der Waals surface area contributed by atoms with Crippen molar-refractivity contribution >= 4 is 30.7 Å². The molecule has 0 aromatic heterocycles. The predicted molar refractivity (Wildman–Crippen MR) is 93.0 cm³/mol. The van der Waals surface area contributed by atoms with Crippen molar-refractivity contribution in [3.05, 3.63) is 29.8 Å². The van der Waals surface area contributed by atoms with E-state index in [1.165, 1.54) is 5.56 Å². The molecule has 1 aromatic carbocycles. The lowest BCUT2D eigenvalue weighted by Crippen LogP contribution is -2.52. The maximum atomic E-state index is 11.8. The average molecular weight is 350 g/mol. The minimum Gasteiger partial charge on any atom is -0.496 e. The fourth-order valence-electron chi connectivity index (χ4n) is 2.49. The Balaban J connectivity index is 0.00000220. The molecule has 1 atom stereocenters. The molecule has 0 aliphatic carbocycles. The highest BCUT2D eigenvalue weighted by atomic mass is 35.5. The van der Waals surface area contributed by atoms with Gasteiger partial charge in [0.15, 0.2) is 0 Å². The summed E-state index contributed by atoms with van der Waals surface area (Å²) in [4.78, 5) is 16.0. The van der Waals surface area contributed by atoms with Gasteiger partial charge in [-0.15, -0.1) is 24.8 Å². The van der Waals surface area contributed by atoms with Crippen LogP contribution in [0.5, 0.6) is 5.75 Å². The van der Waals surface area contributed by atoms with Crippen LogP contribution < -0.4 is 10.5 Å². The molecule has 1 fully saturated rings. The van der Waals surface area contributed by atoms with Crippen LogP contribution in [0.25, 0.3) is 0 Å². The van der Waals surface area contributed by atoms with E-state index in [9.17, 15) is 4.79 Å². The van der Waals surface area contributed by atoms with Gasteiger partial charge in [-0.2, -0.15) is 0 Å². The first-order valence-electron chi connectivity index (χ1n) is 7.00. The zero-order valence-corrected chi connectivity index (χ0v) is 14.7. The van der Waals surface area contributed by atoms with E-state index in [-0.39, 0.29) is 30.7 Å². The van der Waals surface area contributed by atoms with E-state index in [1.54, 1.807) is 14.0 Å². The number of nitrogens with zero attached hydrogens (tertiary/aromatic N) is 2. The Morgan fingerprint density at radius 1 is 1.23 bits per heavy atom. The molecule has 0 spiro atoms. The molecule has 1 amide bonds. The van der Waals surface area contributed by atoms with Crippen LogP contribution in [0.1, 0.15) is 12.5 Å². The van der Waals surface area contributed by atoms with Crippen molar-refractivity contribution in [1.29, 1.82) is 0 Å². The molecule has 1 heterocycles. The SMILES string of the molecule is COc1ccccc1CN1CCN(C(=O)[C@@H](C)N)CC1.Cl.Cl. The Kier molecular flexibility index (Phi) is 9.44. The fourth-order valence-corrected chi connectivity index (χ4v) is 2.49. The van der Waals surface area contributed by atoms with Crippen molar-refractivity contribution in [3.8, 4) is 5.75 Å². The minimum absolute atomic E-state index is 0. The van der Waals surface area contributed by atoms with Crippen LogP contribution in [0.15, 0.2) is 24.3 Å². The second kappa shape index (κ2) is 9.90. The van der Waals surface area contributed by atoms with Crippen molar-refractivity contribution in [1.82, 2.24) is 9.80 Å². The van der Waals surface area contributed by atoms with Gasteiger partial charge in [0.05, 0.1) is 13.2 Å². The molecule has 1 aliphatic rings. The second-order valence-corrected chi connectivity index (χ2v) is 5.20. The zero-order chi connectivity index (χ0) is 14.5. The number of methoxy groups -OCH3 is 1. The number of piperazine rings is 1. The molecule has 22 heavy (non-hydrogen) atoms. The molecule has 0 saturated carbocycles. The molecular weight excluding hydrogens is 325 g/mol. The number of benzene rings is 1. The predicted octanol–water partition coefficient (Wildman–Crippen LogP) is 1.53. The Bertz CT molecular complexity index is 464. The van der Waals surface area contributed by atoms with Crippen LogP contribution >= 0.6 is 24.8 Å². The number of amides is 1. The van der Waals surface area contributed by atoms with E-state index in [0.29, 0.717) is 0 Å². The highest BCUT2D eigenvalue weighted by Gasteiger charge is 2.23. The summed E-state index contributed by atoms with van der Waals surface area (Å²) in [6.07, 6.45) is 0. The van der Waals surface area contributed by atoms with Crippen molar-refractivity contribution in [2.75, 3.05) is 33.3 Å². The Morgan fingerprint density at radius 3 is 2.36 bits per heavy atom. The number of carbonyl (C=O) groups excluding carboxylic acids is 1. The van der Waals surface area contributed by atoms with Crippen molar-refractivity contribution in [3.63, 3.8) is 0 Å². The Hall–Kier alpha value is -1.01. The topological polar surface area (TPSA) is 58.8 Å². The third kappa shape index (κ3) is 5.32. The first-order chi connectivity index (χ1) is 9.61. The summed E-state index contributed by atoms with van der Waals surface area (Å²) in [7, 11) is 1.69. The lowest BCUT2D eigenvalue weighted by molar-refractivity contribution is -0.134. The fraction of sp³-hybridized carbons (Fsp3) is 0.533. The number of halogens is 2. The molecule has 2 N–H and O–H groups in total. The molecule has 2 rings (SSSR count). The highest BCUT2D eigenvalue weighted by molar-refractivity contribution is 5.85. The number of hydrogen-bond donors (Lipinski definition) is 1. The van der Waals surface area contributed by atoms with Gasteiger partial charge in [0.25, 0.3) is 0 Å². The molecule has 5 nitrogen and oxygen atoms in total. The molecule has 1 aromatic rings. The van der Waals surface area contributed by atoms with Crippen LogP contribution in [-0.2, 0) is 11.3 Å². The van der Waals surface area contributed by atoms with E-state index in [0.717, 1.165) is 38.5 Å². The number of rotatable bonds is 4. The van der Waals surface area contributed by atoms with Crippen LogP contribution in [-0.4, -0.2) is 55.0 Å². The van der Waals surface area contributed by atoms with Crippen LogP contribution in [0.3, 0.4) is 0 Å². The van der Waals surface area contributed by atoms with Gasteiger partial charge in [0.1, 0.15) is 5.75 Å². The normalized spacial score (nSPS) is 16.2. The minimum atomic E-state index is -0.407. The number of nitrogens with two attached hydrogens (primary N) is 1. The van der Waals surface area contributed by atoms with Gasteiger partial charge >= 0.3 is 0 Å². The number of ether oxygens (including phenoxy) is 1. The molecule has 1 aliphatic heterocycles. The summed E-state index contributed by atoms with van der Waals surface area (Å²) in [5.41, 5.74) is 6.82. The smallest absolute Gasteiger partial charge is 0.239 e. The van der Waals surface area contributed by atoms with E-state index in [2.05, 4.69) is 11.0 Å². The van der Waals surface area contributed by atoms with Gasteiger partial charge in [0, 0.05) is 38.3 Å². The number of carbonyl (C=O) groups is 1. The molecule has 0 radical (unpaired) electrons. The Labute approximate surface area is 144 Å². The second-order valence-electron chi connectivity index (χ2n) is 5.20. The number of para-hydroxylation sites is 1. The van der Waals surface area contributed by atoms with Crippen LogP contribution in [0.4, 0.5) is 0 Å². The largest absolute Gasteiger partial charge is 0.496 e. The monoisotopic (exact) mass is 349 g/mol. The summed E-state index contributed by atoms with van der Waals surface area (Å²) in [6.45, 7) is 5.83. The van der Waals surface area contributed by atoms with Crippen LogP contribution in [0.2, 0.25) is 0 Å². The van der Waals surface area contributed by atoms with Gasteiger partial charge in [-0.25, -0.2) is 0 Å². The number of hydrogen-bond acceptors (Lipinski definition) is 4. The molecule has 0 bridgehead atoms. The lowest BCUT2D eigenvalue weighted by atomic mass is 10.1. The maximum Gasteiger partial charge on any atom is 0.239 e. The quantitative estimate of drug-likeness (QED) is 0.895.